The second-order valence-corrected chi connectivity index (χ2v) is 6.15. The molecule has 0 radical (unpaired) electrons. The molecule has 0 saturated heterocycles. The molecule has 3 heteroatoms. The van der Waals surface area contributed by atoms with Gasteiger partial charge in [0, 0.05) is 11.4 Å². The molecular formula is C18H16N2S. The van der Waals surface area contributed by atoms with Gasteiger partial charge in [-0.15, -0.1) is 11.3 Å². The fraction of sp³-hybridized carbons (Fsp3) is 0.167. The van der Waals surface area contributed by atoms with Gasteiger partial charge in [-0.2, -0.15) is 0 Å². The topological polar surface area (TPSA) is 17.3 Å². The van der Waals surface area contributed by atoms with Crippen LogP contribution in [0, 0.1) is 0 Å². The lowest BCUT2D eigenvalue weighted by molar-refractivity contribution is 0.725. The summed E-state index contributed by atoms with van der Waals surface area (Å²) in [4.78, 5) is 5.93. The molecule has 1 heterocycles. The summed E-state index contributed by atoms with van der Waals surface area (Å²) in [7, 11) is 0. The Kier molecular flexibility index (Phi) is 3.20. The quantitative estimate of drug-likeness (QED) is 0.661. The Labute approximate surface area is 128 Å². The van der Waals surface area contributed by atoms with E-state index in [1.807, 2.05) is 18.2 Å². The lowest BCUT2D eigenvalue weighted by Gasteiger charge is -2.07. The minimum absolute atomic E-state index is 0.619. The van der Waals surface area contributed by atoms with Gasteiger partial charge in [0.2, 0.25) is 0 Å². The summed E-state index contributed by atoms with van der Waals surface area (Å²) in [6.07, 6.45) is 2.52. The van der Waals surface area contributed by atoms with E-state index in [-0.39, 0.29) is 0 Å². The van der Waals surface area contributed by atoms with E-state index in [1.165, 1.54) is 24.1 Å². The molecule has 0 aliphatic heterocycles. The molecule has 2 nitrogen and oxygen atoms in total. The summed E-state index contributed by atoms with van der Waals surface area (Å²) in [5.74, 6) is 0. The first-order chi connectivity index (χ1) is 10.4. The van der Waals surface area contributed by atoms with E-state index in [0.29, 0.717) is 6.04 Å². The lowest BCUT2D eigenvalue weighted by atomic mass is 10.2. The molecule has 1 aromatic heterocycles. The van der Waals surface area contributed by atoms with Crippen molar-refractivity contribution in [3.8, 4) is 11.3 Å². The van der Waals surface area contributed by atoms with Crippen molar-refractivity contribution in [3.63, 3.8) is 0 Å². The Hall–Kier alpha value is -2.13. The maximum absolute atomic E-state index is 4.83. The van der Waals surface area contributed by atoms with Crippen molar-refractivity contribution in [2.45, 2.75) is 18.9 Å². The Morgan fingerprint density at radius 2 is 1.57 bits per heavy atom. The molecule has 21 heavy (non-hydrogen) atoms. The number of thiazole rings is 1. The average Bonchev–Trinajstić information content (AvgIpc) is 3.30. The van der Waals surface area contributed by atoms with Gasteiger partial charge >= 0.3 is 0 Å². The molecule has 1 aliphatic rings. The summed E-state index contributed by atoms with van der Waals surface area (Å²) in [5.41, 5.74) is 3.58. The van der Waals surface area contributed by atoms with Crippen LogP contribution in [0.15, 0.2) is 71.0 Å². The molecule has 2 aromatic carbocycles. The van der Waals surface area contributed by atoms with Crippen molar-refractivity contribution in [2.24, 2.45) is 4.99 Å². The van der Waals surface area contributed by atoms with Gasteiger partial charge in [-0.3, -0.25) is 0 Å². The van der Waals surface area contributed by atoms with Crippen molar-refractivity contribution < 1.29 is 0 Å². The fourth-order valence-corrected chi connectivity index (χ4v) is 3.51. The van der Waals surface area contributed by atoms with Gasteiger partial charge in [0.1, 0.15) is 0 Å². The third-order valence-corrected chi connectivity index (χ3v) is 4.54. The predicted molar refractivity (Wildman–Crippen MR) is 87.7 cm³/mol. The zero-order valence-electron chi connectivity index (χ0n) is 11.6. The number of benzene rings is 2. The SMILES string of the molecule is c1ccc(N=c2scc(-c3ccccc3)n2C2CC2)cc1. The summed E-state index contributed by atoms with van der Waals surface area (Å²) < 4.78 is 2.41. The van der Waals surface area contributed by atoms with E-state index in [1.54, 1.807) is 11.3 Å². The van der Waals surface area contributed by atoms with Crippen LogP contribution in [-0.4, -0.2) is 4.57 Å². The number of aromatic nitrogens is 1. The molecule has 1 aliphatic carbocycles. The maximum Gasteiger partial charge on any atom is 0.190 e. The van der Waals surface area contributed by atoms with E-state index in [4.69, 9.17) is 4.99 Å². The molecule has 4 rings (SSSR count). The summed E-state index contributed by atoms with van der Waals surface area (Å²) in [6.45, 7) is 0. The van der Waals surface area contributed by atoms with Gasteiger partial charge in [0.05, 0.1) is 11.4 Å². The third kappa shape index (κ3) is 2.57. The maximum atomic E-state index is 4.83. The Bertz CT molecular complexity index is 796. The van der Waals surface area contributed by atoms with E-state index < -0.39 is 0 Å². The zero-order valence-corrected chi connectivity index (χ0v) is 12.5. The molecule has 0 atom stereocenters. The molecule has 104 valence electrons. The van der Waals surface area contributed by atoms with Gasteiger partial charge in [-0.05, 0) is 30.5 Å². The van der Waals surface area contributed by atoms with Crippen molar-refractivity contribution in [1.29, 1.82) is 0 Å². The standard InChI is InChI=1S/C18H16N2S/c1-3-7-14(8-4-1)17-13-21-18(20(17)16-11-12-16)19-15-9-5-2-6-10-15/h1-10,13,16H,11-12H2. The molecule has 1 fully saturated rings. The number of hydrogen-bond acceptors (Lipinski definition) is 2. The molecule has 0 bridgehead atoms. The van der Waals surface area contributed by atoms with Crippen LogP contribution in [0.2, 0.25) is 0 Å². The van der Waals surface area contributed by atoms with Crippen LogP contribution in [0.5, 0.6) is 0 Å². The summed E-state index contributed by atoms with van der Waals surface area (Å²) in [5, 5.41) is 2.23. The van der Waals surface area contributed by atoms with Gasteiger partial charge in [-0.1, -0.05) is 48.5 Å². The van der Waals surface area contributed by atoms with E-state index in [2.05, 4.69) is 52.4 Å². The second-order valence-electron chi connectivity index (χ2n) is 5.32. The van der Waals surface area contributed by atoms with Gasteiger partial charge < -0.3 is 4.57 Å². The first-order valence-corrected chi connectivity index (χ1v) is 8.15. The van der Waals surface area contributed by atoms with Crippen LogP contribution in [0.1, 0.15) is 18.9 Å². The number of hydrogen-bond donors (Lipinski definition) is 0. The van der Waals surface area contributed by atoms with Crippen molar-refractivity contribution in [1.82, 2.24) is 4.57 Å². The summed E-state index contributed by atoms with van der Waals surface area (Å²) >= 11 is 1.73. The van der Waals surface area contributed by atoms with Crippen LogP contribution in [0.3, 0.4) is 0 Å². The van der Waals surface area contributed by atoms with Gasteiger partial charge in [0.25, 0.3) is 0 Å². The third-order valence-electron chi connectivity index (χ3n) is 3.70. The molecule has 0 N–H and O–H groups in total. The minimum Gasteiger partial charge on any atom is -0.313 e. The molecule has 0 spiro atoms. The number of para-hydroxylation sites is 1. The highest BCUT2D eigenvalue weighted by atomic mass is 32.1. The Balaban J connectivity index is 1.86. The van der Waals surface area contributed by atoms with Crippen LogP contribution in [0.25, 0.3) is 11.3 Å². The molecule has 0 amide bonds. The molecule has 3 aromatic rings. The monoisotopic (exact) mass is 292 g/mol. The molecular weight excluding hydrogens is 276 g/mol. The smallest absolute Gasteiger partial charge is 0.190 e. The molecule has 0 unspecified atom stereocenters. The van der Waals surface area contributed by atoms with E-state index >= 15 is 0 Å². The second kappa shape index (κ2) is 5.34. The fourth-order valence-electron chi connectivity index (χ4n) is 2.52. The predicted octanol–water partition coefficient (Wildman–Crippen LogP) is 4.78. The zero-order chi connectivity index (χ0) is 14.1. The van der Waals surface area contributed by atoms with Crippen LogP contribution >= 0.6 is 11.3 Å². The van der Waals surface area contributed by atoms with E-state index in [0.717, 1.165) is 10.5 Å². The first kappa shape index (κ1) is 12.6. The highest BCUT2D eigenvalue weighted by molar-refractivity contribution is 7.07. The summed E-state index contributed by atoms with van der Waals surface area (Å²) in [6, 6.07) is 21.4. The normalized spacial score (nSPS) is 15.3. The first-order valence-electron chi connectivity index (χ1n) is 7.27. The number of rotatable bonds is 3. The Morgan fingerprint density at radius 3 is 2.24 bits per heavy atom. The van der Waals surface area contributed by atoms with Crippen LogP contribution in [0.4, 0.5) is 5.69 Å². The van der Waals surface area contributed by atoms with Gasteiger partial charge in [-0.25, -0.2) is 4.99 Å². The van der Waals surface area contributed by atoms with Crippen molar-refractivity contribution in [3.05, 3.63) is 70.8 Å². The van der Waals surface area contributed by atoms with Crippen molar-refractivity contribution in [2.75, 3.05) is 0 Å². The highest BCUT2D eigenvalue weighted by Gasteiger charge is 2.27. The minimum atomic E-state index is 0.619. The molecule has 1 saturated carbocycles. The van der Waals surface area contributed by atoms with Gasteiger partial charge in [0.15, 0.2) is 4.80 Å². The van der Waals surface area contributed by atoms with Crippen molar-refractivity contribution >= 4 is 17.0 Å². The highest BCUT2D eigenvalue weighted by Crippen LogP contribution is 2.38. The van der Waals surface area contributed by atoms with E-state index in [9.17, 15) is 0 Å². The van der Waals surface area contributed by atoms with Crippen LogP contribution in [-0.2, 0) is 0 Å². The Morgan fingerprint density at radius 1 is 0.905 bits per heavy atom. The largest absolute Gasteiger partial charge is 0.313 e. The average molecular weight is 292 g/mol. The lowest BCUT2D eigenvalue weighted by Crippen LogP contribution is -2.14. The number of nitrogens with zero attached hydrogens (tertiary/aromatic N) is 2. The van der Waals surface area contributed by atoms with Crippen LogP contribution < -0.4 is 4.80 Å².